The molecule has 0 fully saturated rings. The summed E-state index contributed by atoms with van der Waals surface area (Å²) in [5.74, 6) is 2.40. The molecule has 0 radical (unpaired) electrons. The molecular weight excluding hydrogens is 354 g/mol. The van der Waals surface area contributed by atoms with E-state index in [0.717, 1.165) is 35.6 Å². The van der Waals surface area contributed by atoms with E-state index < -0.39 is 0 Å². The Balaban J connectivity index is 1.52. The molecule has 0 aliphatic heterocycles. The van der Waals surface area contributed by atoms with Crippen LogP contribution in [0.4, 0.5) is 0 Å². The van der Waals surface area contributed by atoms with Gasteiger partial charge in [0.2, 0.25) is 11.8 Å². The van der Waals surface area contributed by atoms with Gasteiger partial charge in [0.15, 0.2) is 11.5 Å². The average Bonchev–Trinajstić information content (AvgIpc) is 3.14. The molecule has 1 aromatic heterocycles. The minimum Gasteiger partial charge on any atom is -0.493 e. The van der Waals surface area contributed by atoms with Crippen LogP contribution in [0, 0.1) is 0 Å². The summed E-state index contributed by atoms with van der Waals surface area (Å²) in [6.45, 7) is 1.25. The fourth-order valence-electron chi connectivity index (χ4n) is 2.53. The Morgan fingerprint density at radius 2 is 1.85 bits per heavy atom. The quantitative estimate of drug-likeness (QED) is 0.606. The van der Waals surface area contributed by atoms with Gasteiger partial charge in [-0.2, -0.15) is 0 Å². The molecule has 26 heavy (non-hydrogen) atoms. The zero-order valence-corrected chi connectivity index (χ0v) is 15.4. The SMILES string of the molecule is COc1ccc(CCNCc2nnc(-c3ccccc3Cl)o2)cc1OC. The lowest BCUT2D eigenvalue weighted by Crippen LogP contribution is -2.16. The number of hydrogen-bond donors (Lipinski definition) is 1. The summed E-state index contributed by atoms with van der Waals surface area (Å²) in [5.41, 5.74) is 1.88. The molecule has 3 rings (SSSR count). The van der Waals surface area contributed by atoms with E-state index in [2.05, 4.69) is 15.5 Å². The first kappa shape index (κ1) is 18.2. The molecule has 0 aliphatic rings. The summed E-state index contributed by atoms with van der Waals surface area (Å²) in [7, 11) is 3.26. The van der Waals surface area contributed by atoms with Crippen molar-refractivity contribution in [1.82, 2.24) is 15.5 Å². The van der Waals surface area contributed by atoms with Crippen LogP contribution in [0.1, 0.15) is 11.5 Å². The number of benzene rings is 2. The summed E-state index contributed by atoms with van der Waals surface area (Å²) >= 11 is 6.15. The van der Waals surface area contributed by atoms with Gasteiger partial charge in [0.05, 0.1) is 31.4 Å². The minimum absolute atomic E-state index is 0.423. The summed E-state index contributed by atoms with van der Waals surface area (Å²) in [5, 5.41) is 12.0. The zero-order valence-electron chi connectivity index (χ0n) is 14.7. The molecule has 0 unspecified atom stereocenters. The molecule has 2 aromatic carbocycles. The fourth-order valence-corrected chi connectivity index (χ4v) is 2.75. The lowest BCUT2D eigenvalue weighted by Gasteiger charge is -2.09. The van der Waals surface area contributed by atoms with Gasteiger partial charge in [-0.25, -0.2) is 0 Å². The summed E-state index contributed by atoms with van der Waals surface area (Å²) in [6.07, 6.45) is 0.839. The Labute approximate surface area is 157 Å². The zero-order chi connectivity index (χ0) is 18.4. The first-order chi connectivity index (χ1) is 12.7. The van der Waals surface area contributed by atoms with Crippen molar-refractivity contribution in [3.63, 3.8) is 0 Å². The van der Waals surface area contributed by atoms with E-state index in [9.17, 15) is 0 Å². The van der Waals surface area contributed by atoms with Gasteiger partial charge in [-0.15, -0.1) is 10.2 Å². The molecule has 0 bridgehead atoms. The Bertz CT molecular complexity index is 867. The Morgan fingerprint density at radius 3 is 2.62 bits per heavy atom. The van der Waals surface area contributed by atoms with Crippen LogP contribution in [0.2, 0.25) is 5.02 Å². The van der Waals surface area contributed by atoms with Crippen molar-refractivity contribution in [1.29, 1.82) is 0 Å². The number of rotatable bonds is 8. The van der Waals surface area contributed by atoms with Gasteiger partial charge in [0.1, 0.15) is 0 Å². The number of methoxy groups -OCH3 is 2. The van der Waals surface area contributed by atoms with Crippen molar-refractivity contribution in [2.75, 3.05) is 20.8 Å². The van der Waals surface area contributed by atoms with Crippen molar-refractivity contribution in [2.45, 2.75) is 13.0 Å². The second-order valence-corrected chi connectivity index (χ2v) is 6.00. The van der Waals surface area contributed by atoms with Crippen molar-refractivity contribution >= 4 is 11.6 Å². The minimum atomic E-state index is 0.423. The maximum Gasteiger partial charge on any atom is 0.249 e. The van der Waals surface area contributed by atoms with E-state index in [4.69, 9.17) is 25.5 Å². The van der Waals surface area contributed by atoms with E-state index in [1.54, 1.807) is 20.3 Å². The Kier molecular flexibility index (Phi) is 6.09. The number of aromatic nitrogens is 2. The smallest absolute Gasteiger partial charge is 0.249 e. The third-order valence-corrected chi connectivity index (χ3v) is 4.22. The van der Waals surface area contributed by atoms with E-state index >= 15 is 0 Å². The van der Waals surface area contributed by atoms with Crippen LogP contribution in [0.5, 0.6) is 11.5 Å². The van der Waals surface area contributed by atoms with Crippen molar-refractivity contribution in [2.24, 2.45) is 0 Å². The van der Waals surface area contributed by atoms with E-state index in [1.807, 2.05) is 36.4 Å². The van der Waals surface area contributed by atoms with Gasteiger partial charge in [-0.05, 0) is 42.8 Å². The molecule has 0 aliphatic carbocycles. The van der Waals surface area contributed by atoms with Crippen molar-refractivity contribution in [3.05, 3.63) is 58.9 Å². The maximum atomic E-state index is 6.15. The van der Waals surface area contributed by atoms with Crippen LogP contribution >= 0.6 is 11.6 Å². The number of hydrogen-bond acceptors (Lipinski definition) is 6. The predicted molar refractivity (Wildman–Crippen MR) is 99.7 cm³/mol. The summed E-state index contributed by atoms with van der Waals surface area (Å²) in [4.78, 5) is 0. The highest BCUT2D eigenvalue weighted by Crippen LogP contribution is 2.28. The van der Waals surface area contributed by atoms with Crippen molar-refractivity contribution in [3.8, 4) is 23.0 Å². The van der Waals surface area contributed by atoms with Gasteiger partial charge in [0.25, 0.3) is 0 Å². The molecule has 6 nitrogen and oxygen atoms in total. The third-order valence-electron chi connectivity index (χ3n) is 3.89. The number of nitrogens with zero attached hydrogens (tertiary/aromatic N) is 2. The molecule has 0 amide bonds. The Morgan fingerprint density at radius 1 is 1.04 bits per heavy atom. The third kappa shape index (κ3) is 4.33. The fraction of sp³-hybridized carbons (Fsp3) is 0.263. The van der Waals surface area contributed by atoms with E-state index in [-0.39, 0.29) is 0 Å². The van der Waals surface area contributed by atoms with Gasteiger partial charge >= 0.3 is 0 Å². The Hall–Kier alpha value is -2.57. The molecule has 1 N–H and O–H groups in total. The second kappa shape index (κ2) is 8.69. The van der Waals surface area contributed by atoms with Crippen LogP contribution in [-0.4, -0.2) is 31.0 Å². The normalized spacial score (nSPS) is 10.7. The molecule has 0 saturated carbocycles. The monoisotopic (exact) mass is 373 g/mol. The van der Waals surface area contributed by atoms with Gasteiger partial charge in [0, 0.05) is 0 Å². The number of nitrogens with one attached hydrogen (secondary N) is 1. The lowest BCUT2D eigenvalue weighted by molar-refractivity contribution is 0.354. The van der Waals surface area contributed by atoms with Gasteiger partial charge < -0.3 is 19.2 Å². The standard InChI is InChI=1S/C19H20ClN3O3/c1-24-16-8-7-13(11-17(16)25-2)9-10-21-12-18-22-23-19(26-18)14-5-3-4-6-15(14)20/h3-8,11,21H,9-10,12H2,1-2H3. The topological polar surface area (TPSA) is 69.4 Å². The van der Waals surface area contributed by atoms with Crippen LogP contribution in [0.15, 0.2) is 46.9 Å². The van der Waals surface area contributed by atoms with Crippen LogP contribution in [0.3, 0.4) is 0 Å². The molecule has 1 heterocycles. The van der Waals surface area contributed by atoms with Crippen LogP contribution < -0.4 is 14.8 Å². The largest absolute Gasteiger partial charge is 0.493 e. The summed E-state index contributed by atoms with van der Waals surface area (Å²) < 4.78 is 16.2. The molecule has 7 heteroatoms. The highest BCUT2D eigenvalue weighted by atomic mass is 35.5. The van der Waals surface area contributed by atoms with Crippen LogP contribution in [-0.2, 0) is 13.0 Å². The van der Waals surface area contributed by atoms with Gasteiger partial charge in [-0.3, -0.25) is 0 Å². The van der Waals surface area contributed by atoms with Gasteiger partial charge in [-0.1, -0.05) is 29.8 Å². The number of ether oxygens (including phenoxy) is 2. The number of halogens is 1. The second-order valence-electron chi connectivity index (χ2n) is 5.60. The molecule has 136 valence electrons. The molecule has 0 saturated heterocycles. The molecule has 0 spiro atoms. The first-order valence-electron chi connectivity index (χ1n) is 8.20. The average molecular weight is 374 g/mol. The lowest BCUT2D eigenvalue weighted by atomic mass is 10.1. The molecular formula is C19H20ClN3O3. The molecule has 3 aromatic rings. The highest BCUT2D eigenvalue weighted by molar-refractivity contribution is 6.33. The highest BCUT2D eigenvalue weighted by Gasteiger charge is 2.11. The predicted octanol–water partition coefficient (Wildman–Crippen LogP) is 3.74. The first-order valence-corrected chi connectivity index (χ1v) is 8.58. The summed E-state index contributed by atoms with van der Waals surface area (Å²) in [6, 6.07) is 13.3. The van der Waals surface area contributed by atoms with E-state index in [1.165, 1.54) is 0 Å². The molecule has 0 atom stereocenters. The maximum absolute atomic E-state index is 6.15. The van der Waals surface area contributed by atoms with Crippen molar-refractivity contribution < 1.29 is 13.9 Å². The van der Waals surface area contributed by atoms with Crippen LogP contribution in [0.25, 0.3) is 11.5 Å². The van der Waals surface area contributed by atoms with E-state index in [0.29, 0.717) is 23.3 Å².